The van der Waals surface area contributed by atoms with E-state index in [1.54, 1.807) is 0 Å². The van der Waals surface area contributed by atoms with Crippen LogP contribution in [0.25, 0.3) is 0 Å². The molecule has 2 aliphatic carbocycles. The van der Waals surface area contributed by atoms with Gasteiger partial charge < -0.3 is 4.74 Å². The van der Waals surface area contributed by atoms with E-state index < -0.39 is 0 Å². The van der Waals surface area contributed by atoms with Gasteiger partial charge in [0.05, 0.1) is 6.10 Å². The molecule has 1 heterocycles. The molecule has 18 heavy (non-hydrogen) atoms. The Morgan fingerprint density at radius 3 is 2.17 bits per heavy atom. The second-order valence-corrected chi connectivity index (χ2v) is 7.99. The Labute approximate surface area is 113 Å². The summed E-state index contributed by atoms with van der Waals surface area (Å²) >= 11 is 0. The second-order valence-electron chi connectivity index (χ2n) is 7.99. The van der Waals surface area contributed by atoms with Crippen LogP contribution in [0.2, 0.25) is 0 Å². The first-order valence-corrected chi connectivity index (χ1v) is 8.10. The van der Waals surface area contributed by atoms with E-state index in [0.717, 1.165) is 12.5 Å². The zero-order chi connectivity index (χ0) is 13.0. The molecule has 0 radical (unpaired) electrons. The average Bonchev–Trinajstić information content (AvgIpc) is 2.99. The van der Waals surface area contributed by atoms with Crippen LogP contribution in [0.4, 0.5) is 0 Å². The lowest BCUT2D eigenvalue weighted by Crippen LogP contribution is -2.43. The van der Waals surface area contributed by atoms with Gasteiger partial charge in [-0.3, -0.25) is 0 Å². The molecule has 0 bridgehead atoms. The molecular weight excluding hydrogens is 220 g/mol. The largest absolute Gasteiger partial charge is 0.377 e. The van der Waals surface area contributed by atoms with Gasteiger partial charge in [-0.05, 0) is 48.9 Å². The Hall–Kier alpha value is -0.0400. The van der Waals surface area contributed by atoms with Gasteiger partial charge in [0.2, 0.25) is 0 Å². The maximum Gasteiger partial charge on any atom is 0.0656 e. The molecule has 3 aliphatic rings. The maximum atomic E-state index is 5.91. The molecule has 2 saturated carbocycles. The van der Waals surface area contributed by atoms with Gasteiger partial charge in [0.25, 0.3) is 0 Å². The van der Waals surface area contributed by atoms with Crippen LogP contribution in [0.5, 0.6) is 0 Å². The maximum absolute atomic E-state index is 5.91. The molecule has 104 valence electrons. The zero-order valence-corrected chi connectivity index (χ0v) is 12.7. The third-order valence-electron chi connectivity index (χ3n) is 6.89. The molecule has 4 unspecified atom stereocenters. The van der Waals surface area contributed by atoms with Crippen LogP contribution >= 0.6 is 0 Å². The lowest BCUT2D eigenvalue weighted by atomic mass is 9.66. The summed E-state index contributed by atoms with van der Waals surface area (Å²) in [7, 11) is 0. The van der Waals surface area contributed by atoms with Crippen molar-refractivity contribution in [1.82, 2.24) is 0 Å². The standard InChI is InChI=1S/C17H30O/c1-5-15(3)11-13(16(4,6-2)12-15)17(8-9-17)14-7-10-18-14/h13-14H,5-12H2,1-4H3. The van der Waals surface area contributed by atoms with Crippen LogP contribution in [0.1, 0.15) is 72.6 Å². The first kappa shape index (κ1) is 13.0. The van der Waals surface area contributed by atoms with Crippen LogP contribution in [0.3, 0.4) is 0 Å². The van der Waals surface area contributed by atoms with Crippen LogP contribution < -0.4 is 0 Å². The number of hydrogen-bond acceptors (Lipinski definition) is 1. The Kier molecular flexibility index (Phi) is 2.86. The van der Waals surface area contributed by atoms with Gasteiger partial charge in [0, 0.05) is 12.0 Å². The van der Waals surface area contributed by atoms with Crippen molar-refractivity contribution in [3.63, 3.8) is 0 Å². The predicted molar refractivity (Wildman–Crippen MR) is 75.5 cm³/mol. The molecule has 1 heteroatoms. The Morgan fingerprint density at radius 2 is 1.78 bits per heavy atom. The van der Waals surface area contributed by atoms with Crippen molar-refractivity contribution in [3.8, 4) is 0 Å². The number of hydrogen-bond donors (Lipinski definition) is 0. The van der Waals surface area contributed by atoms with E-state index in [-0.39, 0.29) is 0 Å². The minimum absolute atomic E-state index is 0.570. The van der Waals surface area contributed by atoms with Crippen molar-refractivity contribution < 1.29 is 4.74 Å². The van der Waals surface area contributed by atoms with Gasteiger partial charge in [-0.25, -0.2) is 0 Å². The lowest BCUT2D eigenvalue weighted by molar-refractivity contribution is -0.122. The highest BCUT2D eigenvalue weighted by atomic mass is 16.5. The molecule has 0 aromatic rings. The van der Waals surface area contributed by atoms with Gasteiger partial charge in [-0.1, -0.05) is 40.5 Å². The SMILES string of the molecule is CCC1(C)CC(C2(C3CCO3)CC2)C(C)(CC)C1. The number of rotatable bonds is 4. The molecule has 1 nitrogen and oxygen atoms in total. The van der Waals surface area contributed by atoms with Gasteiger partial charge >= 0.3 is 0 Å². The van der Waals surface area contributed by atoms with E-state index in [4.69, 9.17) is 4.74 Å². The molecule has 1 aliphatic heterocycles. The van der Waals surface area contributed by atoms with E-state index in [0.29, 0.717) is 22.3 Å². The van der Waals surface area contributed by atoms with Crippen molar-refractivity contribution >= 4 is 0 Å². The summed E-state index contributed by atoms with van der Waals surface area (Å²) in [6.45, 7) is 10.9. The molecule has 0 spiro atoms. The fourth-order valence-corrected chi connectivity index (χ4v) is 5.18. The Bertz CT molecular complexity index is 327. The first-order chi connectivity index (χ1) is 8.48. The molecule has 3 fully saturated rings. The fourth-order valence-electron chi connectivity index (χ4n) is 5.18. The van der Waals surface area contributed by atoms with E-state index in [1.807, 2.05) is 0 Å². The fraction of sp³-hybridized carbons (Fsp3) is 1.00. The minimum atomic E-state index is 0.570. The van der Waals surface area contributed by atoms with Crippen LogP contribution in [0.15, 0.2) is 0 Å². The molecule has 0 amide bonds. The zero-order valence-electron chi connectivity index (χ0n) is 12.7. The highest BCUT2D eigenvalue weighted by Gasteiger charge is 2.64. The number of ether oxygens (including phenoxy) is 1. The van der Waals surface area contributed by atoms with Crippen molar-refractivity contribution in [2.24, 2.45) is 22.2 Å². The van der Waals surface area contributed by atoms with Crippen molar-refractivity contribution in [2.45, 2.75) is 78.7 Å². The van der Waals surface area contributed by atoms with E-state index in [1.165, 1.54) is 44.9 Å². The van der Waals surface area contributed by atoms with Crippen molar-refractivity contribution in [1.29, 1.82) is 0 Å². The monoisotopic (exact) mass is 250 g/mol. The van der Waals surface area contributed by atoms with Crippen molar-refractivity contribution in [3.05, 3.63) is 0 Å². The highest BCUT2D eigenvalue weighted by molar-refractivity contribution is 5.14. The average molecular weight is 250 g/mol. The van der Waals surface area contributed by atoms with Crippen LogP contribution in [-0.2, 0) is 4.74 Å². The summed E-state index contributed by atoms with van der Waals surface area (Å²) in [5, 5.41) is 0. The molecule has 0 N–H and O–H groups in total. The van der Waals surface area contributed by atoms with Gasteiger partial charge in [-0.15, -0.1) is 0 Å². The smallest absolute Gasteiger partial charge is 0.0656 e. The molecular formula is C17H30O. The normalized spacial score (nSPS) is 50.0. The summed E-state index contributed by atoms with van der Waals surface area (Å²) in [4.78, 5) is 0. The second kappa shape index (κ2) is 3.98. The summed E-state index contributed by atoms with van der Waals surface area (Å²) in [5.41, 5.74) is 1.75. The molecule has 0 aromatic carbocycles. The van der Waals surface area contributed by atoms with E-state index in [2.05, 4.69) is 27.7 Å². The molecule has 4 atom stereocenters. The van der Waals surface area contributed by atoms with Crippen molar-refractivity contribution in [2.75, 3.05) is 6.61 Å². The molecule has 3 rings (SSSR count). The quantitative estimate of drug-likeness (QED) is 0.696. The van der Waals surface area contributed by atoms with E-state index in [9.17, 15) is 0 Å². The summed E-state index contributed by atoms with van der Waals surface area (Å²) in [5.74, 6) is 0.922. The van der Waals surface area contributed by atoms with Gasteiger partial charge in [0.15, 0.2) is 0 Å². The third kappa shape index (κ3) is 1.69. The Balaban J connectivity index is 1.86. The van der Waals surface area contributed by atoms with Gasteiger partial charge in [0.1, 0.15) is 0 Å². The molecule has 0 aromatic heterocycles. The summed E-state index contributed by atoms with van der Waals surface area (Å²) in [6, 6.07) is 0. The molecule has 1 saturated heterocycles. The minimum Gasteiger partial charge on any atom is -0.377 e. The predicted octanol–water partition coefficient (Wildman–Crippen LogP) is 4.80. The van der Waals surface area contributed by atoms with Crippen LogP contribution in [-0.4, -0.2) is 12.7 Å². The van der Waals surface area contributed by atoms with Crippen LogP contribution in [0, 0.1) is 22.2 Å². The third-order valence-corrected chi connectivity index (χ3v) is 6.89. The van der Waals surface area contributed by atoms with E-state index >= 15 is 0 Å². The highest BCUT2D eigenvalue weighted by Crippen LogP contribution is 2.70. The summed E-state index contributed by atoms with van der Waals surface area (Å²) < 4.78 is 5.91. The Morgan fingerprint density at radius 1 is 1.11 bits per heavy atom. The first-order valence-electron chi connectivity index (χ1n) is 8.10. The van der Waals surface area contributed by atoms with Gasteiger partial charge in [-0.2, -0.15) is 0 Å². The lowest BCUT2D eigenvalue weighted by Gasteiger charge is -2.44. The topological polar surface area (TPSA) is 9.23 Å². The summed E-state index contributed by atoms with van der Waals surface area (Å²) in [6.07, 6.45) is 10.4.